The second kappa shape index (κ2) is 7.07. The van der Waals surface area contributed by atoms with Crippen LogP contribution in [0.4, 0.5) is 11.4 Å². The number of allylic oxidation sites excluding steroid dienone is 2. The topological polar surface area (TPSA) is 28.2 Å². The van der Waals surface area contributed by atoms with Crippen molar-refractivity contribution in [3.8, 4) is 22.3 Å². The SMILES string of the molecule is C1=CC2Nc3ccc(-c4c5ccccc5c(-c5cccnc5)c5ccccc45)cc3N2C=C1. The lowest BCUT2D eigenvalue weighted by Crippen LogP contribution is -2.30. The molecule has 1 unspecified atom stereocenters. The Morgan fingerprint density at radius 2 is 1.39 bits per heavy atom. The van der Waals surface area contributed by atoms with E-state index in [1.165, 1.54) is 49.6 Å². The van der Waals surface area contributed by atoms with Gasteiger partial charge in [-0.3, -0.25) is 4.98 Å². The van der Waals surface area contributed by atoms with E-state index in [-0.39, 0.29) is 6.17 Å². The third-order valence-corrected chi connectivity index (χ3v) is 6.70. The van der Waals surface area contributed by atoms with Gasteiger partial charge in [0.15, 0.2) is 0 Å². The minimum absolute atomic E-state index is 0.182. The standard InChI is InChI=1S/C30H21N3/c1-3-11-24-22(9-1)29(20-14-15-26-27(18-20)33-17-6-5-13-28(33)32-26)23-10-2-4-12-25(23)30(24)21-8-7-16-31-19-21/h1-19,28,32H. The Labute approximate surface area is 192 Å². The number of rotatable bonds is 2. The van der Waals surface area contributed by atoms with Crippen molar-refractivity contribution >= 4 is 32.9 Å². The molecule has 2 aliphatic rings. The summed E-state index contributed by atoms with van der Waals surface area (Å²) in [5.74, 6) is 0. The molecule has 3 heteroatoms. The fourth-order valence-electron chi connectivity index (χ4n) is 5.29. The number of fused-ring (bicyclic) bond motifs is 5. The van der Waals surface area contributed by atoms with E-state index in [2.05, 4.69) is 112 Å². The van der Waals surface area contributed by atoms with Crippen LogP contribution in [0.25, 0.3) is 43.8 Å². The minimum Gasteiger partial charge on any atom is -0.360 e. The fourth-order valence-corrected chi connectivity index (χ4v) is 5.29. The van der Waals surface area contributed by atoms with Crippen LogP contribution < -0.4 is 10.2 Å². The number of nitrogens with one attached hydrogen (secondary N) is 1. The van der Waals surface area contributed by atoms with E-state index < -0.39 is 0 Å². The number of hydrogen-bond acceptors (Lipinski definition) is 3. The zero-order valence-corrected chi connectivity index (χ0v) is 17.9. The zero-order valence-electron chi connectivity index (χ0n) is 17.9. The predicted octanol–water partition coefficient (Wildman–Crippen LogP) is 7.36. The van der Waals surface area contributed by atoms with Crippen LogP contribution >= 0.6 is 0 Å². The Balaban J connectivity index is 1.55. The van der Waals surface area contributed by atoms with E-state index >= 15 is 0 Å². The first-order chi connectivity index (χ1) is 16.4. The molecule has 2 aliphatic heterocycles. The van der Waals surface area contributed by atoms with Crippen LogP contribution in [0.15, 0.2) is 116 Å². The summed E-state index contributed by atoms with van der Waals surface area (Å²) >= 11 is 0. The monoisotopic (exact) mass is 423 g/mol. The van der Waals surface area contributed by atoms with Gasteiger partial charge in [0, 0.05) is 24.2 Å². The summed E-state index contributed by atoms with van der Waals surface area (Å²) in [6, 6.07) is 28.4. The highest BCUT2D eigenvalue weighted by atomic mass is 15.3. The average Bonchev–Trinajstić information content (AvgIpc) is 3.25. The van der Waals surface area contributed by atoms with Crippen molar-refractivity contribution in [1.29, 1.82) is 0 Å². The van der Waals surface area contributed by atoms with Crippen LogP contribution in [0.5, 0.6) is 0 Å². The second-order valence-electron chi connectivity index (χ2n) is 8.54. The van der Waals surface area contributed by atoms with Crippen molar-refractivity contribution in [3.05, 3.63) is 116 Å². The van der Waals surface area contributed by atoms with Gasteiger partial charge in [-0.05, 0) is 68.6 Å². The Bertz CT molecular complexity index is 1540. The van der Waals surface area contributed by atoms with E-state index in [1.807, 2.05) is 18.5 Å². The molecule has 156 valence electrons. The van der Waals surface area contributed by atoms with Crippen molar-refractivity contribution in [3.63, 3.8) is 0 Å². The van der Waals surface area contributed by atoms with Gasteiger partial charge in [0.2, 0.25) is 0 Å². The molecule has 0 spiro atoms. The van der Waals surface area contributed by atoms with Crippen LogP contribution in [0, 0.1) is 0 Å². The van der Waals surface area contributed by atoms with Crippen LogP contribution in [-0.2, 0) is 0 Å². The van der Waals surface area contributed by atoms with Crippen molar-refractivity contribution in [2.24, 2.45) is 0 Å². The third-order valence-electron chi connectivity index (χ3n) is 6.70. The Kier molecular flexibility index (Phi) is 3.91. The van der Waals surface area contributed by atoms with E-state index in [9.17, 15) is 0 Å². The highest BCUT2D eigenvalue weighted by Crippen LogP contribution is 2.46. The molecule has 3 heterocycles. The summed E-state index contributed by atoms with van der Waals surface area (Å²) in [7, 11) is 0. The molecular formula is C30H21N3. The van der Waals surface area contributed by atoms with Gasteiger partial charge in [-0.1, -0.05) is 66.7 Å². The molecule has 3 nitrogen and oxygen atoms in total. The fraction of sp³-hybridized carbons (Fsp3) is 0.0333. The molecule has 0 bridgehead atoms. The second-order valence-corrected chi connectivity index (χ2v) is 8.54. The Morgan fingerprint density at radius 1 is 0.697 bits per heavy atom. The summed E-state index contributed by atoms with van der Waals surface area (Å²) < 4.78 is 0. The molecule has 1 atom stereocenters. The summed E-state index contributed by atoms with van der Waals surface area (Å²) in [5.41, 5.74) is 7.26. The van der Waals surface area contributed by atoms with Gasteiger partial charge in [-0.2, -0.15) is 0 Å². The summed E-state index contributed by atoms with van der Waals surface area (Å²) in [6.45, 7) is 0. The summed E-state index contributed by atoms with van der Waals surface area (Å²) in [6.07, 6.45) is 12.5. The maximum Gasteiger partial charge on any atom is 0.123 e. The van der Waals surface area contributed by atoms with Crippen molar-refractivity contribution in [2.45, 2.75) is 6.17 Å². The number of anilines is 2. The molecule has 0 radical (unpaired) electrons. The minimum atomic E-state index is 0.182. The Hall–Kier alpha value is -4.37. The van der Waals surface area contributed by atoms with Crippen molar-refractivity contribution < 1.29 is 0 Å². The van der Waals surface area contributed by atoms with Gasteiger partial charge in [0.25, 0.3) is 0 Å². The van der Waals surface area contributed by atoms with E-state index in [0.717, 1.165) is 5.56 Å². The van der Waals surface area contributed by atoms with Gasteiger partial charge >= 0.3 is 0 Å². The smallest absolute Gasteiger partial charge is 0.123 e. The normalized spacial score (nSPS) is 16.1. The summed E-state index contributed by atoms with van der Waals surface area (Å²) in [4.78, 5) is 6.71. The quantitative estimate of drug-likeness (QED) is 0.301. The molecule has 0 saturated carbocycles. The molecule has 1 N–H and O–H groups in total. The number of benzene rings is 4. The lowest BCUT2D eigenvalue weighted by atomic mass is 9.86. The number of pyridine rings is 1. The number of nitrogens with zero attached hydrogens (tertiary/aromatic N) is 2. The zero-order chi connectivity index (χ0) is 21.8. The molecule has 1 aromatic heterocycles. The van der Waals surface area contributed by atoms with Crippen LogP contribution in [0.1, 0.15) is 0 Å². The summed E-state index contributed by atoms with van der Waals surface area (Å²) in [5, 5.41) is 8.61. The molecule has 0 saturated heterocycles. The molecule has 0 fully saturated rings. The van der Waals surface area contributed by atoms with Crippen molar-refractivity contribution in [1.82, 2.24) is 4.98 Å². The first-order valence-corrected chi connectivity index (χ1v) is 11.3. The first-order valence-electron chi connectivity index (χ1n) is 11.3. The predicted molar refractivity (Wildman–Crippen MR) is 138 cm³/mol. The van der Waals surface area contributed by atoms with Gasteiger partial charge in [0.1, 0.15) is 6.17 Å². The molecule has 7 rings (SSSR count). The van der Waals surface area contributed by atoms with Gasteiger partial charge in [-0.25, -0.2) is 0 Å². The van der Waals surface area contributed by atoms with Crippen LogP contribution in [0.2, 0.25) is 0 Å². The molecule has 4 aromatic carbocycles. The van der Waals surface area contributed by atoms with E-state index in [4.69, 9.17) is 0 Å². The third kappa shape index (κ3) is 2.72. The van der Waals surface area contributed by atoms with E-state index in [1.54, 1.807) is 0 Å². The van der Waals surface area contributed by atoms with Crippen LogP contribution in [0.3, 0.4) is 0 Å². The first kappa shape index (κ1) is 18.2. The average molecular weight is 424 g/mol. The molecule has 5 aromatic rings. The Morgan fingerprint density at radius 3 is 2.06 bits per heavy atom. The molecule has 33 heavy (non-hydrogen) atoms. The maximum absolute atomic E-state index is 4.41. The van der Waals surface area contributed by atoms with Gasteiger partial charge in [-0.15, -0.1) is 0 Å². The number of aromatic nitrogens is 1. The maximum atomic E-state index is 4.41. The largest absolute Gasteiger partial charge is 0.360 e. The van der Waals surface area contributed by atoms with Crippen molar-refractivity contribution in [2.75, 3.05) is 10.2 Å². The van der Waals surface area contributed by atoms with E-state index in [0.29, 0.717) is 0 Å². The lowest BCUT2D eigenvalue weighted by Gasteiger charge is -2.23. The lowest BCUT2D eigenvalue weighted by molar-refractivity contribution is 0.908. The number of hydrogen-bond donors (Lipinski definition) is 1. The molecular weight excluding hydrogens is 402 g/mol. The molecule has 0 amide bonds. The highest BCUT2D eigenvalue weighted by molar-refractivity contribution is 6.21. The molecule has 0 aliphatic carbocycles. The van der Waals surface area contributed by atoms with Gasteiger partial charge < -0.3 is 10.2 Å². The highest BCUT2D eigenvalue weighted by Gasteiger charge is 2.27. The van der Waals surface area contributed by atoms with Crippen LogP contribution in [-0.4, -0.2) is 11.1 Å². The van der Waals surface area contributed by atoms with Gasteiger partial charge in [0.05, 0.1) is 11.4 Å².